The van der Waals surface area contributed by atoms with Gasteiger partial charge < -0.3 is 20.7 Å². The van der Waals surface area contributed by atoms with Gasteiger partial charge in [-0.3, -0.25) is 4.79 Å². The van der Waals surface area contributed by atoms with Crippen LogP contribution in [0.2, 0.25) is 0 Å². The number of ether oxygens (including phenoxy) is 1. The number of methoxy groups -OCH3 is 1. The number of benzene rings is 2. The smallest absolute Gasteiger partial charge is 0.246 e. The van der Waals surface area contributed by atoms with Gasteiger partial charge in [-0.2, -0.15) is 0 Å². The standard InChI is InChI=1S/C22H26N4O2.HI/c1-4-17-9-8-11-19(15-17)26-21(27)16-25-22(23-5-2)24-14-13-18-10-6-7-12-20(18)28-3;/h1,6-12,15H,5,13-14,16H2,2-3H3,(H,26,27)(H2,23,24,25);1H. The lowest BCUT2D eigenvalue weighted by atomic mass is 10.1. The lowest BCUT2D eigenvalue weighted by Crippen LogP contribution is -2.39. The third kappa shape index (κ3) is 8.44. The zero-order valence-corrected chi connectivity index (χ0v) is 19.0. The van der Waals surface area contributed by atoms with Crippen LogP contribution in [0.1, 0.15) is 18.1 Å². The maximum Gasteiger partial charge on any atom is 0.246 e. The third-order valence-electron chi connectivity index (χ3n) is 3.92. The second-order valence-electron chi connectivity index (χ2n) is 5.96. The Morgan fingerprint density at radius 2 is 1.97 bits per heavy atom. The lowest BCUT2D eigenvalue weighted by Gasteiger charge is -2.12. The molecule has 0 bridgehead atoms. The highest BCUT2D eigenvalue weighted by Crippen LogP contribution is 2.17. The highest BCUT2D eigenvalue weighted by atomic mass is 127. The summed E-state index contributed by atoms with van der Waals surface area (Å²) in [6.07, 6.45) is 6.16. The topological polar surface area (TPSA) is 74.8 Å². The van der Waals surface area contributed by atoms with Crippen molar-refractivity contribution < 1.29 is 9.53 Å². The average molecular weight is 506 g/mol. The molecule has 0 heterocycles. The fraction of sp³-hybridized carbons (Fsp3) is 0.273. The number of carbonyl (C=O) groups excluding carboxylic acids is 1. The Bertz CT molecular complexity index is 862. The van der Waals surface area contributed by atoms with Gasteiger partial charge in [-0.05, 0) is 43.2 Å². The predicted octanol–water partition coefficient (Wildman–Crippen LogP) is 3.03. The Hall–Kier alpha value is -2.73. The molecule has 3 N–H and O–H groups in total. The van der Waals surface area contributed by atoms with E-state index in [1.165, 1.54) is 0 Å². The predicted molar refractivity (Wildman–Crippen MR) is 129 cm³/mol. The van der Waals surface area contributed by atoms with Gasteiger partial charge in [-0.15, -0.1) is 30.4 Å². The molecular formula is C22H27IN4O2. The molecule has 2 aromatic rings. The Morgan fingerprint density at radius 3 is 2.69 bits per heavy atom. The Kier molecular flexibility index (Phi) is 11.3. The number of nitrogens with zero attached hydrogens (tertiary/aromatic N) is 1. The summed E-state index contributed by atoms with van der Waals surface area (Å²) in [5.74, 6) is 3.78. The van der Waals surface area contributed by atoms with Gasteiger partial charge in [-0.1, -0.05) is 30.2 Å². The van der Waals surface area contributed by atoms with E-state index >= 15 is 0 Å². The van der Waals surface area contributed by atoms with Crippen LogP contribution in [-0.4, -0.2) is 38.6 Å². The third-order valence-corrected chi connectivity index (χ3v) is 3.92. The van der Waals surface area contributed by atoms with Crippen molar-refractivity contribution in [3.8, 4) is 18.1 Å². The molecule has 2 rings (SSSR count). The quantitative estimate of drug-likeness (QED) is 0.223. The molecular weight excluding hydrogens is 479 g/mol. The molecule has 2 aromatic carbocycles. The number of anilines is 1. The van der Waals surface area contributed by atoms with Crippen molar-refractivity contribution in [2.45, 2.75) is 13.3 Å². The summed E-state index contributed by atoms with van der Waals surface area (Å²) in [6, 6.07) is 15.0. The number of carbonyl (C=O) groups is 1. The molecule has 0 fully saturated rings. The first-order valence-corrected chi connectivity index (χ1v) is 9.17. The summed E-state index contributed by atoms with van der Waals surface area (Å²) in [6.45, 7) is 3.34. The monoisotopic (exact) mass is 506 g/mol. The lowest BCUT2D eigenvalue weighted by molar-refractivity contribution is -0.114. The van der Waals surface area contributed by atoms with Crippen LogP contribution in [-0.2, 0) is 11.2 Å². The normalized spacial score (nSPS) is 10.3. The first kappa shape index (κ1) is 24.3. The van der Waals surface area contributed by atoms with Gasteiger partial charge >= 0.3 is 0 Å². The summed E-state index contributed by atoms with van der Waals surface area (Å²) in [4.78, 5) is 16.5. The number of aliphatic imine (C=N–C) groups is 1. The summed E-state index contributed by atoms with van der Waals surface area (Å²) in [5, 5.41) is 9.17. The molecule has 0 aromatic heterocycles. The Balaban J connectivity index is 0.00000420. The number of rotatable bonds is 8. The van der Waals surface area contributed by atoms with Gasteiger partial charge in [0.1, 0.15) is 12.3 Å². The molecule has 7 heteroatoms. The second-order valence-corrected chi connectivity index (χ2v) is 5.96. The van der Waals surface area contributed by atoms with E-state index in [0.29, 0.717) is 30.3 Å². The molecule has 6 nitrogen and oxygen atoms in total. The van der Waals surface area contributed by atoms with E-state index in [-0.39, 0.29) is 36.4 Å². The van der Waals surface area contributed by atoms with Crippen molar-refractivity contribution in [1.82, 2.24) is 10.6 Å². The SMILES string of the molecule is C#Cc1cccc(NC(=O)CN=C(NCC)NCCc2ccccc2OC)c1.I. The van der Waals surface area contributed by atoms with E-state index in [2.05, 4.69) is 26.9 Å². The molecule has 0 saturated heterocycles. The fourth-order valence-electron chi connectivity index (χ4n) is 2.60. The number of para-hydroxylation sites is 1. The first-order valence-electron chi connectivity index (χ1n) is 9.17. The van der Waals surface area contributed by atoms with E-state index in [1.54, 1.807) is 25.3 Å². The van der Waals surface area contributed by atoms with Crippen LogP contribution in [0.5, 0.6) is 5.75 Å². The highest BCUT2D eigenvalue weighted by molar-refractivity contribution is 14.0. The van der Waals surface area contributed by atoms with Crippen molar-refractivity contribution in [1.29, 1.82) is 0 Å². The van der Waals surface area contributed by atoms with Crippen molar-refractivity contribution in [3.05, 3.63) is 59.7 Å². The molecule has 0 radical (unpaired) electrons. The summed E-state index contributed by atoms with van der Waals surface area (Å²) in [7, 11) is 1.66. The average Bonchev–Trinajstić information content (AvgIpc) is 2.72. The molecule has 0 atom stereocenters. The van der Waals surface area contributed by atoms with Crippen LogP contribution in [0, 0.1) is 12.3 Å². The van der Waals surface area contributed by atoms with Gasteiger partial charge in [0, 0.05) is 24.3 Å². The number of amides is 1. The van der Waals surface area contributed by atoms with Gasteiger partial charge in [0.05, 0.1) is 7.11 Å². The van der Waals surface area contributed by atoms with Crippen LogP contribution < -0.4 is 20.7 Å². The minimum atomic E-state index is -0.212. The highest BCUT2D eigenvalue weighted by Gasteiger charge is 2.05. The summed E-state index contributed by atoms with van der Waals surface area (Å²) >= 11 is 0. The van der Waals surface area contributed by atoms with Gasteiger partial charge in [0.2, 0.25) is 5.91 Å². The van der Waals surface area contributed by atoms with E-state index in [9.17, 15) is 4.79 Å². The fourth-order valence-corrected chi connectivity index (χ4v) is 2.60. The van der Waals surface area contributed by atoms with E-state index < -0.39 is 0 Å². The largest absolute Gasteiger partial charge is 0.496 e. The molecule has 0 saturated carbocycles. The molecule has 29 heavy (non-hydrogen) atoms. The molecule has 0 aliphatic carbocycles. The Morgan fingerprint density at radius 1 is 1.17 bits per heavy atom. The maximum absolute atomic E-state index is 12.2. The van der Waals surface area contributed by atoms with Gasteiger partial charge in [0.15, 0.2) is 5.96 Å². The molecule has 1 amide bonds. The van der Waals surface area contributed by atoms with Crippen LogP contribution in [0.4, 0.5) is 5.69 Å². The zero-order valence-electron chi connectivity index (χ0n) is 16.7. The molecule has 0 aliphatic rings. The minimum absolute atomic E-state index is 0. The van der Waals surface area contributed by atoms with E-state index in [0.717, 1.165) is 17.7 Å². The van der Waals surface area contributed by atoms with Gasteiger partial charge in [0.25, 0.3) is 0 Å². The first-order chi connectivity index (χ1) is 13.7. The van der Waals surface area contributed by atoms with Crippen LogP contribution in [0.25, 0.3) is 0 Å². The zero-order chi connectivity index (χ0) is 20.2. The van der Waals surface area contributed by atoms with Gasteiger partial charge in [-0.25, -0.2) is 4.99 Å². The van der Waals surface area contributed by atoms with Crippen molar-refractivity contribution >= 4 is 41.5 Å². The Labute approximate surface area is 189 Å². The van der Waals surface area contributed by atoms with Crippen molar-refractivity contribution in [2.24, 2.45) is 4.99 Å². The number of guanidine groups is 1. The number of nitrogens with one attached hydrogen (secondary N) is 3. The molecule has 0 unspecified atom stereocenters. The summed E-state index contributed by atoms with van der Waals surface area (Å²) < 4.78 is 5.36. The molecule has 0 aliphatic heterocycles. The van der Waals surface area contributed by atoms with Crippen molar-refractivity contribution in [3.63, 3.8) is 0 Å². The number of terminal acetylenes is 1. The minimum Gasteiger partial charge on any atom is -0.496 e. The van der Waals surface area contributed by atoms with E-state index in [4.69, 9.17) is 11.2 Å². The maximum atomic E-state index is 12.2. The summed E-state index contributed by atoms with van der Waals surface area (Å²) in [5.41, 5.74) is 2.48. The van der Waals surface area contributed by atoms with Crippen molar-refractivity contribution in [2.75, 3.05) is 32.1 Å². The number of hydrogen-bond donors (Lipinski definition) is 3. The van der Waals surface area contributed by atoms with Crippen LogP contribution >= 0.6 is 24.0 Å². The number of hydrogen-bond acceptors (Lipinski definition) is 3. The van der Waals surface area contributed by atoms with Crippen LogP contribution in [0.15, 0.2) is 53.5 Å². The second kappa shape index (κ2) is 13.4. The van der Waals surface area contributed by atoms with E-state index in [1.807, 2.05) is 37.3 Å². The number of halogens is 1. The van der Waals surface area contributed by atoms with Crippen LogP contribution in [0.3, 0.4) is 0 Å². The molecule has 0 spiro atoms. The molecule has 154 valence electrons.